The van der Waals surface area contributed by atoms with Crippen LogP contribution in [-0.4, -0.2) is 39.7 Å². The lowest BCUT2D eigenvalue weighted by molar-refractivity contribution is -0.118. The second-order valence-corrected chi connectivity index (χ2v) is 12.9. The fraction of sp³-hybridized carbons (Fsp3) is 0.682. The number of Topliss-reactive ketones (excluding diaryl/α,β-unsaturated/α-hetero) is 1. The van der Waals surface area contributed by atoms with E-state index in [2.05, 4.69) is 4.72 Å². The summed E-state index contributed by atoms with van der Waals surface area (Å²) in [5.74, 6) is 0.251. The number of hydrogen-bond donors (Lipinski definition) is 1. The van der Waals surface area contributed by atoms with Crippen LogP contribution in [0.4, 0.5) is 0 Å². The topological polar surface area (TPSA) is 97.4 Å². The summed E-state index contributed by atoms with van der Waals surface area (Å²) >= 11 is 0. The Morgan fingerprint density at radius 1 is 0.967 bits per heavy atom. The fourth-order valence-corrected chi connectivity index (χ4v) is 6.03. The van der Waals surface area contributed by atoms with Crippen LogP contribution in [0, 0.1) is 0 Å². The van der Waals surface area contributed by atoms with Gasteiger partial charge in [0.25, 0.3) is 0 Å². The van der Waals surface area contributed by atoms with E-state index in [0.717, 1.165) is 37.7 Å². The number of ketones is 1. The van der Waals surface area contributed by atoms with Crippen molar-refractivity contribution in [3.63, 3.8) is 0 Å². The van der Waals surface area contributed by atoms with Crippen molar-refractivity contribution in [2.75, 3.05) is 5.75 Å². The third kappa shape index (κ3) is 8.12. The van der Waals surface area contributed by atoms with Gasteiger partial charge in [0.1, 0.15) is 5.78 Å². The van der Waals surface area contributed by atoms with Gasteiger partial charge in [-0.05, 0) is 57.2 Å². The minimum Gasteiger partial charge on any atom is -0.299 e. The molecule has 6 nitrogen and oxygen atoms in total. The van der Waals surface area contributed by atoms with E-state index in [1.54, 1.807) is 38.1 Å². The molecule has 1 aliphatic carbocycles. The molecule has 1 saturated carbocycles. The zero-order valence-corrected chi connectivity index (χ0v) is 19.7. The van der Waals surface area contributed by atoms with Gasteiger partial charge in [-0.1, -0.05) is 37.8 Å². The molecule has 30 heavy (non-hydrogen) atoms. The monoisotopic (exact) mass is 457 g/mol. The standard InChI is InChI=1S/C22H35NO5S2/c1-18(2)29(25,26)16-8-4-7-11-21(24)17-19-12-14-22(15-13-19)30(27,28)23-20-9-5-3-6-10-20/h12-15,18,20,23H,3-11,16-17H2,1-2H3. The molecule has 0 radical (unpaired) electrons. The van der Waals surface area contributed by atoms with Crippen LogP contribution in [0.3, 0.4) is 0 Å². The largest absolute Gasteiger partial charge is 0.299 e. The smallest absolute Gasteiger partial charge is 0.240 e. The average Bonchev–Trinajstić information content (AvgIpc) is 2.68. The summed E-state index contributed by atoms with van der Waals surface area (Å²) in [6, 6.07) is 6.53. The lowest BCUT2D eigenvalue weighted by Crippen LogP contribution is -2.36. The zero-order valence-electron chi connectivity index (χ0n) is 18.1. The SMILES string of the molecule is CC(C)S(=O)(=O)CCCCCC(=O)Cc1ccc(S(=O)(=O)NC2CCCCC2)cc1. The summed E-state index contributed by atoms with van der Waals surface area (Å²) in [5, 5.41) is -0.358. The Hall–Kier alpha value is -1.25. The van der Waals surface area contributed by atoms with Crippen molar-refractivity contribution in [1.82, 2.24) is 4.72 Å². The normalized spacial score (nSPS) is 16.1. The van der Waals surface area contributed by atoms with Gasteiger partial charge in [-0.15, -0.1) is 0 Å². The van der Waals surface area contributed by atoms with E-state index in [0.29, 0.717) is 25.7 Å². The van der Waals surface area contributed by atoms with Gasteiger partial charge in [0.05, 0.1) is 15.9 Å². The summed E-state index contributed by atoms with van der Waals surface area (Å²) in [4.78, 5) is 12.4. The van der Waals surface area contributed by atoms with Crippen LogP contribution >= 0.6 is 0 Å². The number of carbonyl (C=O) groups is 1. The van der Waals surface area contributed by atoms with E-state index in [1.165, 1.54) is 0 Å². The van der Waals surface area contributed by atoms with Crippen molar-refractivity contribution >= 4 is 25.6 Å². The van der Waals surface area contributed by atoms with Crippen LogP contribution in [0.15, 0.2) is 29.2 Å². The molecule has 0 atom stereocenters. The number of carbonyl (C=O) groups excluding carboxylic acids is 1. The van der Waals surface area contributed by atoms with Crippen LogP contribution in [0.2, 0.25) is 0 Å². The highest BCUT2D eigenvalue weighted by Crippen LogP contribution is 2.20. The number of unbranched alkanes of at least 4 members (excludes halogenated alkanes) is 2. The lowest BCUT2D eigenvalue weighted by atomic mass is 9.96. The van der Waals surface area contributed by atoms with Crippen LogP contribution in [0.5, 0.6) is 0 Å². The van der Waals surface area contributed by atoms with Crippen molar-refractivity contribution in [2.24, 2.45) is 0 Å². The fourth-order valence-electron chi connectivity index (χ4n) is 3.65. The molecule has 0 amide bonds. The number of sulfone groups is 1. The van der Waals surface area contributed by atoms with E-state index >= 15 is 0 Å². The lowest BCUT2D eigenvalue weighted by Gasteiger charge is -2.22. The molecule has 1 fully saturated rings. The molecule has 1 aromatic rings. The first-order valence-corrected chi connectivity index (χ1v) is 14.1. The molecule has 1 aromatic carbocycles. The van der Waals surface area contributed by atoms with Gasteiger partial charge >= 0.3 is 0 Å². The minimum absolute atomic E-state index is 0.0144. The number of benzene rings is 1. The highest BCUT2D eigenvalue weighted by molar-refractivity contribution is 7.92. The first kappa shape index (κ1) is 25.0. The third-order valence-electron chi connectivity index (χ3n) is 5.66. The molecule has 0 aliphatic heterocycles. The first-order valence-electron chi connectivity index (χ1n) is 10.9. The Labute approximate surface area is 181 Å². The molecule has 170 valence electrons. The van der Waals surface area contributed by atoms with E-state index in [9.17, 15) is 21.6 Å². The van der Waals surface area contributed by atoms with Crippen LogP contribution < -0.4 is 4.72 Å². The maximum Gasteiger partial charge on any atom is 0.240 e. The van der Waals surface area contributed by atoms with Gasteiger partial charge in [0.15, 0.2) is 9.84 Å². The van der Waals surface area contributed by atoms with Gasteiger partial charge in [0.2, 0.25) is 10.0 Å². The predicted octanol–water partition coefficient (Wildman–Crippen LogP) is 3.79. The Balaban J connectivity index is 1.76. The number of rotatable bonds is 12. The molecule has 0 saturated heterocycles. The molecule has 0 bridgehead atoms. The first-order chi connectivity index (χ1) is 14.1. The van der Waals surface area contributed by atoms with Crippen molar-refractivity contribution in [3.8, 4) is 0 Å². The van der Waals surface area contributed by atoms with Gasteiger partial charge in [-0.2, -0.15) is 0 Å². The van der Waals surface area contributed by atoms with E-state index in [4.69, 9.17) is 0 Å². The zero-order chi connectivity index (χ0) is 22.2. The summed E-state index contributed by atoms with van der Waals surface area (Å²) in [5.41, 5.74) is 0.791. The molecule has 8 heteroatoms. The van der Waals surface area contributed by atoms with Crippen molar-refractivity contribution < 1.29 is 21.6 Å². The number of nitrogens with one attached hydrogen (secondary N) is 1. The van der Waals surface area contributed by atoms with Crippen LogP contribution in [-0.2, 0) is 31.1 Å². The van der Waals surface area contributed by atoms with Crippen LogP contribution in [0.25, 0.3) is 0 Å². The van der Waals surface area contributed by atoms with Crippen LogP contribution in [0.1, 0.15) is 77.2 Å². The van der Waals surface area contributed by atoms with Crippen molar-refractivity contribution in [3.05, 3.63) is 29.8 Å². The highest BCUT2D eigenvalue weighted by atomic mass is 32.2. The molecular formula is C22H35NO5S2. The van der Waals surface area contributed by atoms with Crippen molar-refractivity contribution in [2.45, 2.75) is 94.2 Å². The second-order valence-electron chi connectivity index (χ2n) is 8.54. The molecule has 0 aromatic heterocycles. The van der Waals surface area contributed by atoms with E-state index in [-0.39, 0.29) is 34.1 Å². The summed E-state index contributed by atoms with van der Waals surface area (Å²) in [7, 11) is -6.54. The summed E-state index contributed by atoms with van der Waals surface area (Å²) in [6.45, 7) is 3.36. The Morgan fingerprint density at radius 2 is 1.60 bits per heavy atom. The third-order valence-corrected chi connectivity index (χ3v) is 9.50. The molecule has 0 heterocycles. The molecule has 0 spiro atoms. The minimum atomic E-state index is -3.53. The van der Waals surface area contributed by atoms with E-state index in [1.807, 2.05) is 0 Å². The van der Waals surface area contributed by atoms with Gasteiger partial charge in [0, 0.05) is 18.9 Å². The summed E-state index contributed by atoms with van der Waals surface area (Å²) < 4.78 is 51.4. The Bertz CT molecular complexity index is 884. The Kier molecular flexibility index (Phi) is 9.50. The molecule has 1 N–H and O–H groups in total. The molecule has 2 rings (SSSR count). The maximum atomic E-state index is 12.5. The van der Waals surface area contributed by atoms with Gasteiger partial charge < -0.3 is 0 Å². The predicted molar refractivity (Wildman–Crippen MR) is 120 cm³/mol. The van der Waals surface area contributed by atoms with Gasteiger partial charge in [-0.3, -0.25) is 4.79 Å². The number of hydrogen-bond acceptors (Lipinski definition) is 5. The molecular weight excluding hydrogens is 422 g/mol. The molecule has 1 aliphatic rings. The van der Waals surface area contributed by atoms with Gasteiger partial charge in [-0.25, -0.2) is 21.6 Å². The maximum absolute atomic E-state index is 12.5. The number of sulfonamides is 1. The second kappa shape index (κ2) is 11.4. The summed E-state index contributed by atoms with van der Waals surface area (Å²) in [6.07, 6.45) is 7.68. The Morgan fingerprint density at radius 3 is 2.20 bits per heavy atom. The van der Waals surface area contributed by atoms with Crippen molar-refractivity contribution in [1.29, 1.82) is 0 Å². The average molecular weight is 458 g/mol. The highest BCUT2D eigenvalue weighted by Gasteiger charge is 2.21. The quantitative estimate of drug-likeness (QED) is 0.482. The van der Waals surface area contributed by atoms with E-state index < -0.39 is 19.9 Å². The molecule has 0 unspecified atom stereocenters.